The highest BCUT2D eigenvalue weighted by molar-refractivity contribution is 5.89. The second-order valence-electron chi connectivity index (χ2n) is 10.0. The third-order valence-corrected chi connectivity index (χ3v) is 6.46. The average molecular weight is 593 g/mol. The highest BCUT2D eigenvalue weighted by Crippen LogP contribution is 2.42. The van der Waals surface area contributed by atoms with Crippen LogP contribution in [0.3, 0.4) is 0 Å². The van der Waals surface area contributed by atoms with Crippen LogP contribution >= 0.6 is 0 Å². The van der Waals surface area contributed by atoms with E-state index in [0.717, 1.165) is 19.1 Å². The van der Waals surface area contributed by atoms with Crippen LogP contribution in [0, 0.1) is 0 Å². The topological polar surface area (TPSA) is 254 Å². The summed E-state index contributed by atoms with van der Waals surface area (Å²) in [6, 6.07) is 7.73. The van der Waals surface area contributed by atoms with Gasteiger partial charge in [0.15, 0.2) is 16.9 Å². The summed E-state index contributed by atoms with van der Waals surface area (Å²) in [7, 11) is 0. The maximum Gasteiger partial charge on any atom is 0.308 e. The number of carboxylic acids is 1. The van der Waals surface area contributed by atoms with Gasteiger partial charge in [0.25, 0.3) is 0 Å². The Morgan fingerprint density at radius 3 is 2.26 bits per heavy atom. The molecule has 1 fully saturated rings. The van der Waals surface area contributed by atoms with Crippen LogP contribution in [0.2, 0.25) is 0 Å². The van der Waals surface area contributed by atoms with Gasteiger partial charge in [0.1, 0.15) is 53.5 Å². The van der Waals surface area contributed by atoms with Crippen molar-refractivity contribution in [3.8, 4) is 34.3 Å². The van der Waals surface area contributed by atoms with Gasteiger partial charge < -0.3 is 59.5 Å². The molecule has 4 rings (SSSR count). The number of aliphatic carboxylic acids is 1. The third-order valence-electron chi connectivity index (χ3n) is 6.46. The zero-order chi connectivity index (χ0) is 30.9. The van der Waals surface area contributed by atoms with Crippen molar-refractivity contribution in [2.24, 2.45) is 0 Å². The number of fused-ring (bicyclic) bond motifs is 1. The molecule has 0 aliphatic carbocycles. The van der Waals surface area contributed by atoms with Gasteiger partial charge >= 0.3 is 11.9 Å². The predicted molar refractivity (Wildman–Crippen MR) is 139 cm³/mol. The first-order valence-corrected chi connectivity index (χ1v) is 12.4. The largest absolute Gasteiger partial charge is 0.508 e. The van der Waals surface area contributed by atoms with Crippen molar-refractivity contribution < 1.29 is 69.1 Å². The molecule has 1 aliphatic heterocycles. The quantitative estimate of drug-likeness (QED) is 0.119. The van der Waals surface area contributed by atoms with E-state index in [4.69, 9.17) is 23.7 Å². The van der Waals surface area contributed by atoms with Crippen molar-refractivity contribution in [1.82, 2.24) is 0 Å². The summed E-state index contributed by atoms with van der Waals surface area (Å²) in [4.78, 5) is 35.7. The monoisotopic (exact) mass is 592 g/mol. The lowest BCUT2D eigenvalue weighted by Gasteiger charge is -2.40. The Kier molecular flexibility index (Phi) is 8.60. The highest BCUT2D eigenvalue weighted by atomic mass is 16.7. The second kappa shape index (κ2) is 11.8. The molecule has 0 spiro atoms. The van der Waals surface area contributed by atoms with Crippen LogP contribution in [-0.2, 0) is 19.1 Å². The molecule has 226 valence electrons. The van der Waals surface area contributed by atoms with Crippen LogP contribution in [-0.4, -0.2) is 95.7 Å². The number of carbonyl (C=O) groups is 2. The van der Waals surface area contributed by atoms with Crippen molar-refractivity contribution in [2.75, 3.05) is 6.61 Å². The molecule has 2 aromatic carbocycles. The van der Waals surface area contributed by atoms with E-state index in [1.807, 2.05) is 0 Å². The molecule has 6 atom stereocenters. The Morgan fingerprint density at radius 2 is 1.62 bits per heavy atom. The Balaban J connectivity index is 1.56. The fourth-order valence-electron chi connectivity index (χ4n) is 4.33. The molecule has 0 amide bonds. The first-order valence-electron chi connectivity index (χ1n) is 12.4. The molecular formula is C27H28O15. The van der Waals surface area contributed by atoms with E-state index in [-0.39, 0.29) is 17.1 Å². The summed E-state index contributed by atoms with van der Waals surface area (Å²) in [6.45, 7) is 0.395. The van der Waals surface area contributed by atoms with Crippen LogP contribution in [0.1, 0.15) is 19.8 Å². The Morgan fingerprint density at radius 1 is 0.952 bits per heavy atom. The first kappa shape index (κ1) is 30.5. The van der Waals surface area contributed by atoms with Crippen LogP contribution in [0.5, 0.6) is 23.0 Å². The minimum Gasteiger partial charge on any atom is -0.508 e. The smallest absolute Gasteiger partial charge is 0.308 e. The summed E-state index contributed by atoms with van der Waals surface area (Å²) >= 11 is 0. The molecule has 42 heavy (non-hydrogen) atoms. The van der Waals surface area contributed by atoms with Crippen LogP contribution in [0.15, 0.2) is 45.6 Å². The number of ether oxygens (including phenoxy) is 3. The third kappa shape index (κ3) is 6.56. The molecule has 2 heterocycles. The predicted octanol–water partition coefficient (Wildman–Crippen LogP) is -0.0778. The van der Waals surface area contributed by atoms with E-state index < -0.39 is 95.8 Å². The SMILES string of the molecule is CC(O)(CC(=O)O)CC(=O)OCC1OC(Oc2cc3oc(-c4ccc(O)cc4)cc(=O)c3c(O)c2O)C(O)C(O)C1O. The summed E-state index contributed by atoms with van der Waals surface area (Å²) in [5.41, 5.74) is -2.51. The Hall–Kier alpha value is -4.41. The first-order chi connectivity index (χ1) is 19.7. The van der Waals surface area contributed by atoms with Gasteiger partial charge in [-0.05, 0) is 31.2 Å². The number of phenolic OH excluding ortho intramolecular Hbond substituents is 3. The molecule has 6 unspecified atom stereocenters. The van der Waals surface area contributed by atoms with Gasteiger partial charge in [0, 0.05) is 17.7 Å². The lowest BCUT2D eigenvalue weighted by atomic mass is 9.98. The van der Waals surface area contributed by atoms with Crippen LogP contribution < -0.4 is 10.2 Å². The molecule has 0 radical (unpaired) electrons. The fourth-order valence-corrected chi connectivity index (χ4v) is 4.33. The Labute approximate surface area is 236 Å². The molecule has 0 bridgehead atoms. The van der Waals surface area contributed by atoms with Gasteiger partial charge in [-0.1, -0.05) is 0 Å². The number of aliphatic hydroxyl groups is 4. The van der Waals surface area contributed by atoms with E-state index in [1.165, 1.54) is 24.3 Å². The molecule has 1 aliphatic rings. The zero-order valence-electron chi connectivity index (χ0n) is 21.9. The van der Waals surface area contributed by atoms with Gasteiger partial charge in [0.2, 0.25) is 12.0 Å². The van der Waals surface area contributed by atoms with Crippen LogP contribution in [0.25, 0.3) is 22.3 Å². The average Bonchev–Trinajstić information content (AvgIpc) is 2.90. The van der Waals surface area contributed by atoms with Gasteiger partial charge in [-0.2, -0.15) is 0 Å². The van der Waals surface area contributed by atoms with Crippen LogP contribution in [0.4, 0.5) is 0 Å². The number of hydrogen-bond donors (Lipinski definition) is 8. The summed E-state index contributed by atoms with van der Waals surface area (Å²) in [5, 5.41) is 80.1. The number of esters is 1. The summed E-state index contributed by atoms with van der Waals surface area (Å²) in [5.74, 6) is -4.80. The fraction of sp³-hybridized carbons (Fsp3) is 0.370. The number of aliphatic hydroxyl groups excluding tert-OH is 3. The van der Waals surface area contributed by atoms with Crippen molar-refractivity contribution in [3.05, 3.63) is 46.6 Å². The van der Waals surface area contributed by atoms with Gasteiger partial charge in [-0.15, -0.1) is 0 Å². The number of aromatic hydroxyl groups is 3. The van der Waals surface area contributed by atoms with E-state index >= 15 is 0 Å². The lowest BCUT2D eigenvalue weighted by Crippen LogP contribution is -2.60. The molecule has 1 aromatic heterocycles. The molecule has 0 saturated carbocycles. The van der Waals surface area contributed by atoms with Gasteiger partial charge in [0.05, 0.1) is 18.4 Å². The van der Waals surface area contributed by atoms with E-state index in [2.05, 4.69) is 0 Å². The van der Waals surface area contributed by atoms with Crippen molar-refractivity contribution in [3.63, 3.8) is 0 Å². The van der Waals surface area contributed by atoms with Crippen molar-refractivity contribution in [1.29, 1.82) is 0 Å². The van der Waals surface area contributed by atoms with E-state index in [0.29, 0.717) is 5.56 Å². The second-order valence-corrected chi connectivity index (χ2v) is 10.0. The van der Waals surface area contributed by atoms with E-state index in [9.17, 15) is 50.1 Å². The number of phenols is 3. The zero-order valence-corrected chi connectivity index (χ0v) is 21.9. The van der Waals surface area contributed by atoms with E-state index in [1.54, 1.807) is 0 Å². The molecular weight excluding hydrogens is 564 g/mol. The number of carboxylic acid groups (broad SMARTS) is 1. The van der Waals surface area contributed by atoms with Gasteiger partial charge in [-0.3, -0.25) is 14.4 Å². The van der Waals surface area contributed by atoms with Crippen molar-refractivity contribution in [2.45, 2.75) is 56.1 Å². The summed E-state index contributed by atoms with van der Waals surface area (Å²) in [6.07, 6.45) is -10.4. The number of benzene rings is 2. The molecule has 15 nitrogen and oxygen atoms in total. The molecule has 15 heteroatoms. The minimum atomic E-state index is -1.93. The molecule has 1 saturated heterocycles. The molecule has 3 aromatic rings. The number of carbonyl (C=O) groups excluding carboxylic acids is 1. The summed E-state index contributed by atoms with van der Waals surface area (Å²) < 4.78 is 21.6. The van der Waals surface area contributed by atoms with Crippen molar-refractivity contribution >= 4 is 22.9 Å². The number of hydrogen-bond acceptors (Lipinski definition) is 14. The minimum absolute atomic E-state index is 0.0309. The standard InChI is InChI=1S/C27H28O15/c1-27(38,8-18(30)31)9-19(32)39-10-17-22(34)24(36)25(37)26(42-17)41-16-7-15-20(23(35)21(16)33)13(29)6-14(40-15)11-2-4-12(28)5-3-11/h2-7,17,22,24-26,28,33-38H,8-10H2,1H3,(H,30,31). The lowest BCUT2D eigenvalue weighted by molar-refractivity contribution is -0.278. The highest BCUT2D eigenvalue weighted by Gasteiger charge is 2.46. The maximum atomic E-state index is 12.7. The Bertz CT molecular complexity index is 1530. The maximum absolute atomic E-state index is 12.7. The molecule has 8 N–H and O–H groups in total. The normalized spacial score (nSPS) is 23.7. The number of rotatable bonds is 9. The van der Waals surface area contributed by atoms with Gasteiger partial charge in [-0.25, -0.2) is 0 Å².